The summed E-state index contributed by atoms with van der Waals surface area (Å²) in [7, 11) is 0. The molecule has 0 radical (unpaired) electrons. The predicted molar refractivity (Wildman–Crippen MR) is 89.2 cm³/mol. The van der Waals surface area contributed by atoms with Crippen LogP contribution in [0.15, 0.2) is 42.5 Å². The number of benzene rings is 2. The fourth-order valence-corrected chi connectivity index (χ4v) is 2.38. The lowest BCUT2D eigenvalue weighted by Gasteiger charge is -2.18. The van der Waals surface area contributed by atoms with E-state index in [-0.39, 0.29) is 37.0 Å². The monoisotopic (exact) mass is 342 g/mol. The van der Waals surface area contributed by atoms with Gasteiger partial charge in [0.25, 0.3) is 5.91 Å². The number of Topliss-reactive ketones (excluding diaryl/α,β-unsaturated/α-hetero) is 1. The summed E-state index contributed by atoms with van der Waals surface area (Å²) in [6, 6.07) is 10.1. The molecule has 2 aromatic carbocycles. The molecular formula is C18H15FN2O4. The van der Waals surface area contributed by atoms with Crippen molar-refractivity contribution in [3.8, 4) is 5.75 Å². The first kappa shape index (κ1) is 16.6. The van der Waals surface area contributed by atoms with Gasteiger partial charge in [0.2, 0.25) is 5.91 Å². The first-order valence-corrected chi connectivity index (χ1v) is 7.66. The van der Waals surface area contributed by atoms with E-state index in [1.165, 1.54) is 30.3 Å². The summed E-state index contributed by atoms with van der Waals surface area (Å²) in [4.78, 5) is 35.4. The standard InChI is InChI=1S/C18H15FN2O4/c19-12-2-4-13(5-3-12)20-17(23)8-6-15(22)11-1-7-16-14(9-11)21-18(24)10-25-16/h1-5,7,9H,6,8,10H2,(H,20,23)(H,21,24). The largest absolute Gasteiger partial charge is 0.482 e. The van der Waals surface area contributed by atoms with Crippen LogP contribution in [-0.4, -0.2) is 24.2 Å². The zero-order valence-electron chi connectivity index (χ0n) is 13.2. The fraction of sp³-hybridized carbons (Fsp3) is 0.167. The number of nitrogens with one attached hydrogen (secondary N) is 2. The molecule has 0 unspecified atom stereocenters. The van der Waals surface area contributed by atoms with E-state index in [4.69, 9.17) is 4.74 Å². The van der Waals surface area contributed by atoms with Gasteiger partial charge < -0.3 is 15.4 Å². The third kappa shape index (κ3) is 4.20. The van der Waals surface area contributed by atoms with Gasteiger partial charge in [0.1, 0.15) is 11.6 Å². The van der Waals surface area contributed by atoms with Crippen LogP contribution in [0.3, 0.4) is 0 Å². The first-order chi connectivity index (χ1) is 12.0. The van der Waals surface area contributed by atoms with Gasteiger partial charge in [0.05, 0.1) is 5.69 Å². The van der Waals surface area contributed by atoms with Crippen LogP contribution in [0.1, 0.15) is 23.2 Å². The number of hydrogen-bond acceptors (Lipinski definition) is 4. The highest BCUT2D eigenvalue weighted by molar-refractivity contribution is 6.02. The van der Waals surface area contributed by atoms with Crippen LogP contribution in [0.25, 0.3) is 0 Å². The molecule has 7 heteroatoms. The molecule has 1 heterocycles. The van der Waals surface area contributed by atoms with Crippen molar-refractivity contribution in [3.63, 3.8) is 0 Å². The molecule has 0 aromatic heterocycles. The van der Waals surface area contributed by atoms with Crippen molar-refractivity contribution in [1.29, 1.82) is 0 Å². The summed E-state index contributed by atoms with van der Waals surface area (Å²) in [6.45, 7) is -0.0517. The Morgan fingerprint density at radius 2 is 1.88 bits per heavy atom. The van der Waals surface area contributed by atoms with Gasteiger partial charge in [0, 0.05) is 24.1 Å². The smallest absolute Gasteiger partial charge is 0.262 e. The molecular weight excluding hydrogens is 327 g/mol. The van der Waals surface area contributed by atoms with Crippen molar-refractivity contribution in [2.75, 3.05) is 17.2 Å². The average molecular weight is 342 g/mol. The van der Waals surface area contributed by atoms with E-state index in [0.717, 1.165) is 0 Å². The number of halogens is 1. The molecule has 1 aliphatic rings. The minimum Gasteiger partial charge on any atom is -0.482 e. The summed E-state index contributed by atoms with van der Waals surface area (Å²) in [6.07, 6.45) is 0.0107. The number of amides is 2. The number of hydrogen-bond donors (Lipinski definition) is 2. The lowest BCUT2D eigenvalue weighted by molar-refractivity contribution is -0.118. The molecule has 1 aliphatic heterocycles. The number of carbonyl (C=O) groups is 3. The molecule has 0 aliphatic carbocycles. The van der Waals surface area contributed by atoms with E-state index in [2.05, 4.69) is 10.6 Å². The zero-order chi connectivity index (χ0) is 17.8. The Bertz CT molecular complexity index is 833. The van der Waals surface area contributed by atoms with Crippen LogP contribution in [-0.2, 0) is 9.59 Å². The van der Waals surface area contributed by atoms with Crippen LogP contribution in [0.2, 0.25) is 0 Å². The summed E-state index contributed by atoms with van der Waals surface area (Å²) in [5.74, 6) is -0.732. The van der Waals surface area contributed by atoms with Crippen molar-refractivity contribution >= 4 is 29.0 Å². The number of ether oxygens (including phenoxy) is 1. The highest BCUT2D eigenvalue weighted by atomic mass is 19.1. The molecule has 128 valence electrons. The Balaban J connectivity index is 1.57. The second-order valence-electron chi connectivity index (χ2n) is 5.53. The molecule has 0 atom stereocenters. The third-order valence-electron chi connectivity index (χ3n) is 3.64. The van der Waals surface area contributed by atoms with Crippen molar-refractivity contribution in [1.82, 2.24) is 0 Å². The normalized spacial score (nSPS) is 12.6. The number of anilines is 2. The van der Waals surface area contributed by atoms with Gasteiger partial charge in [-0.15, -0.1) is 0 Å². The predicted octanol–water partition coefficient (Wildman–Crippen LogP) is 2.76. The molecule has 2 aromatic rings. The van der Waals surface area contributed by atoms with Gasteiger partial charge in [-0.05, 0) is 42.5 Å². The molecule has 25 heavy (non-hydrogen) atoms. The molecule has 0 bridgehead atoms. The Hall–Kier alpha value is -3.22. The van der Waals surface area contributed by atoms with E-state index in [1.807, 2.05) is 0 Å². The first-order valence-electron chi connectivity index (χ1n) is 7.66. The average Bonchev–Trinajstić information content (AvgIpc) is 2.61. The molecule has 0 saturated carbocycles. The third-order valence-corrected chi connectivity index (χ3v) is 3.64. The summed E-state index contributed by atoms with van der Waals surface area (Å²) in [5, 5.41) is 5.23. The van der Waals surface area contributed by atoms with Crippen LogP contribution >= 0.6 is 0 Å². The maximum Gasteiger partial charge on any atom is 0.262 e. The van der Waals surface area contributed by atoms with Gasteiger partial charge in [-0.3, -0.25) is 14.4 Å². The van der Waals surface area contributed by atoms with E-state index < -0.39 is 5.82 Å². The summed E-state index contributed by atoms with van der Waals surface area (Å²) >= 11 is 0. The highest BCUT2D eigenvalue weighted by Crippen LogP contribution is 2.29. The topological polar surface area (TPSA) is 84.5 Å². The molecule has 2 amide bonds. The zero-order valence-corrected chi connectivity index (χ0v) is 13.2. The van der Waals surface area contributed by atoms with Crippen molar-refractivity contribution in [2.45, 2.75) is 12.8 Å². The summed E-state index contributed by atoms with van der Waals surface area (Å²) < 4.78 is 18.0. The van der Waals surface area contributed by atoms with E-state index in [9.17, 15) is 18.8 Å². The quantitative estimate of drug-likeness (QED) is 0.818. The van der Waals surface area contributed by atoms with Crippen LogP contribution in [0, 0.1) is 5.82 Å². The van der Waals surface area contributed by atoms with Crippen LogP contribution in [0.4, 0.5) is 15.8 Å². The second-order valence-corrected chi connectivity index (χ2v) is 5.53. The van der Waals surface area contributed by atoms with Gasteiger partial charge in [-0.1, -0.05) is 0 Å². The second kappa shape index (κ2) is 7.12. The van der Waals surface area contributed by atoms with Crippen molar-refractivity contribution in [3.05, 3.63) is 53.8 Å². The van der Waals surface area contributed by atoms with E-state index in [1.54, 1.807) is 12.1 Å². The van der Waals surface area contributed by atoms with Crippen molar-refractivity contribution in [2.24, 2.45) is 0 Å². The minimum absolute atomic E-state index is 0.00382. The Kier molecular flexibility index (Phi) is 4.74. The molecule has 6 nitrogen and oxygen atoms in total. The lowest BCUT2D eigenvalue weighted by atomic mass is 10.0. The molecule has 0 saturated heterocycles. The number of rotatable bonds is 5. The maximum absolute atomic E-state index is 12.8. The maximum atomic E-state index is 12.8. The Morgan fingerprint density at radius 3 is 2.64 bits per heavy atom. The Labute approximate surface area is 143 Å². The summed E-state index contributed by atoms with van der Waals surface area (Å²) in [5.41, 5.74) is 1.30. The molecule has 0 spiro atoms. The van der Waals surface area contributed by atoms with E-state index >= 15 is 0 Å². The Morgan fingerprint density at radius 1 is 1.12 bits per heavy atom. The molecule has 0 fully saturated rings. The van der Waals surface area contributed by atoms with Gasteiger partial charge >= 0.3 is 0 Å². The molecule has 3 rings (SSSR count). The van der Waals surface area contributed by atoms with Gasteiger partial charge in [-0.2, -0.15) is 0 Å². The van der Waals surface area contributed by atoms with Gasteiger partial charge in [-0.25, -0.2) is 4.39 Å². The lowest BCUT2D eigenvalue weighted by Crippen LogP contribution is -2.25. The van der Waals surface area contributed by atoms with Gasteiger partial charge in [0.15, 0.2) is 12.4 Å². The number of carbonyl (C=O) groups excluding carboxylic acids is 3. The number of ketones is 1. The number of fused-ring (bicyclic) bond motifs is 1. The van der Waals surface area contributed by atoms with Crippen LogP contribution in [0.5, 0.6) is 5.75 Å². The van der Waals surface area contributed by atoms with Crippen molar-refractivity contribution < 1.29 is 23.5 Å². The fourth-order valence-electron chi connectivity index (χ4n) is 2.38. The molecule has 2 N–H and O–H groups in total. The van der Waals surface area contributed by atoms with Crippen LogP contribution < -0.4 is 15.4 Å². The van der Waals surface area contributed by atoms with E-state index in [0.29, 0.717) is 22.7 Å². The minimum atomic E-state index is -0.392. The SMILES string of the molecule is O=C(CCC(=O)c1ccc2c(c1)NC(=O)CO2)Nc1ccc(F)cc1. The highest BCUT2D eigenvalue weighted by Gasteiger charge is 2.18.